The molecule has 0 saturated carbocycles. The van der Waals surface area contributed by atoms with E-state index in [2.05, 4.69) is 24.1 Å². The van der Waals surface area contributed by atoms with Crippen molar-refractivity contribution >= 4 is 17.5 Å². The van der Waals surface area contributed by atoms with E-state index in [1.54, 1.807) is 6.07 Å². The van der Waals surface area contributed by atoms with E-state index >= 15 is 0 Å². The number of nitrogens with one attached hydrogen (secondary N) is 1. The fourth-order valence-corrected chi connectivity index (χ4v) is 3.10. The molecule has 1 fully saturated rings. The number of hydrogen-bond acceptors (Lipinski definition) is 4. The molecular weight excluding hydrogens is 302 g/mol. The van der Waals surface area contributed by atoms with Gasteiger partial charge in [-0.3, -0.25) is 4.79 Å². The zero-order valence-electron chi connectivity index (χ0n) is 12.5. The first-order chi connectivity index (χ1) is 10.6. The van der Waals surface area contributed by atoms with E-state index in [-0.39, 0.29) is 18.0 Å². The van der Waals surface area contributed by atoms with Crippen molar-refractivity contribution in [2.75, 3.05) is 13.1 Å². The zero-order chi connectivity index (χ0) is 15.7. The van der Waals surface area contributed by atoms with Crippen molar-refractivity contribution in [2.45, 2.75) is 25.9 Å². The Labute approximate surface area is 134 Å². The predicted octanol–water partition coefficient (Wildman–Crippen LogP) is 2.82. The summed E-state index contributed by atoms with van der Waals surface area (Å²) in [6.45, 7) is 5.43. The van der Waals surface area contributed by atoms with E-state index in [1.165, 1.54) is 6.39 Å². The number of aromatic nitrogens is 1. The summed E-state index contributed by atoms with van der Waals surface area (Å²) in [5.74, 6) is 0.304. The van der Waals surface area contributed by atoms with Crippen molar-refractivity contribution in [2.24, 2.45) is 0 Å². The average Bonchev–Trinajstić information content (AvgIpc) is 2.95. The molecule has 1 saturated heterocycles. The van der Waals surface area contributed by atoms with E-state index in [0.29, 0.717) is 35.1 Å². The normalized spacial score (nSPS) is 21.9. The van der Waals surface area contributed by atoms with Crippen LogP contribution < -0.4 is 5.32 Å². The molecule has 0 aliphatic carbocycles. The van der Waals surface area contributed by atoms with E-state index in [0.717, 1.165) is 0 Å². The fourth-order valence-electron chi connectivity index (χ4n) is 2.88. The summed E-state index contributed by atoms with van der Waals surface area (Å²) in [4.78, 5) is 18.7. The summed E-state index contributed by atoms with van der Waals surface area (Å²) in [6, 6.07) is 7.79. The number of piperazine rings is 1. The highest BCUT2D eigenvalue weighted by Gasteiger charge is 2.29. The van der Waals surface area contributed by atoms with Gasteiger partial charge in [-0.15, -0.1) is 0 Å². The smallest absolute Gasteiger partial charge is 0.276 e. The summed E-state index contributed by atoms with van der Waals surface area (Å²) >= 11 is 6.20. The summed E-state index contributed by atoms with van der Waals surface area (Å²) < 4.78 is 5.44. The molecule has 1 aromatic heterocycles. The third-order valence-corrected chi connectivity index (χ3v) is 4.06. The number of carbonyl (C=O) groups excluding carboxylic acids is 1. The summed E-state index contributed by atoms with van der Waals surface area (Å²) in [6.07, 6.45) is 1.29. The number of amides is 1. The van der Waals surface area contributed by atoms with E-state index < -0.39 is 0 Å². The quantitative estimate of drug-likeness (QED) is 0.924. The molecule has 22 heavy (non-hydrogen) atoms. The van der Waals surface area contributed by atoms with Crippen LogP contribution in [0, 0.1) is 0 Å². The minimum absolute atomic E-state index is 0.121. The largest absolute Gasteiger partial charge is 0.443 e. The van der Waals surface area contributed by atoms with Gasteiger partial charge in [-0.05, 0) is 26.0 Å². The summed E-state index contributed by atoms with van der Waals surface area (Å²) in [5, 5.41) is 3.94. The Morgan fingerprint density at radius 2 is 2.00 bits per heavy atom. The third kappa shape index (κ3) is 2.87. The molecule has 0 radical (unpaired) electrons. The molecule has 1 aliphatic rings. The third-order valence-electron chi connectivity index (χ3n) is 3.73. The maximum absolute atomic E-state index is 12.8. The van der Waals surface area contributed by atoms with Crippen LogP contribution in [0.3, 0.4) is 0 Å². The van der Waals surface area contributed by atoms with Gasteiger partial charge in [0.2, 0.25) is 0 Å². The summed E-state index contributed by atoms with van der Waals surface area (Å²) in [5.41, 5.74) is 0.996. The van der Waals surface area contributed by atoms with Gasteiger partial charge in [0.1, 0.15) is 0 Å². The maximum Gasteiger partial charge on any atom is 0.276 e. The number of hydrogen-bond donors (Lipinski definition) is 1. The molecule has 1 N–H and O–H groups in total. The molecule has 3 rings (SSSR count). The van der Waals surface area contributed by atoms with Gasteiger partial charge in [0.15, 0.2) is 17.8 Å². The van der Waals surface area contributed by atoms with Crippen molar-refractivity contribution in [3.63, 3.8) is 0 Å². The van der Waals surface area contributed by atoms with Crippen molar-refractivity contribution < 1.29 is 9.21 Å². The van der Waals surface area contributed by atoms with Gasteiger partial charge < -0.3 is 14.6 Å². The highest BCUT2D eigenvalue weighted by molar-refractivity contribution is 6.33. The number of oxazole rings is 1. The SMILES string of the molecule is C[C@@H]1CN(C(=O)c2ncoc2-c2ccccc2Cl)C[C@@H](C)N1. The van der Waals surface area contributed by atoms with Gasteiger partial charge in [0, 0.05) is 30.7 Å². The standard InChI is InChI=1S/C16H18ClN3O2/c1-10-7-20(8-11(2)19-10)16(21)14-15(22-9-18-14)12-5-3-4-6-13(12)17/h3-6,9-11,19H,7-8H2,1-2H3/t10-,11-/m1/s1. The fraction of sp³-hybridized carbons (Fsp3) is 0.375. The van der Waals surface area contributed by atoms with Crippen LogP contribution in [0.2, 0.25) is 5.02 Å². The Hall–Kier alpha value is -1.85. The highest BCUT2D eigenvalue weighted by Crippen LogP contribution is 2.30. The van der Waals surface area contributed by atoms with Crippen LogP contribution >= 0.6 is 11.6 Å². The molecule has 6 heteroatoms. The first-order valence-electron chi connectivity index (χ1n) is 7.30. The minimum atomic E-state index is -0.121. The minimum Gasteiger partial charge on any atom is -0.443 e. The topological polar surface area (TPSA) is 58.4 Å². The highest BCUT2D eigenvalue weighted by atomic mass is 35.5. The molecule has 0 bridgehead atoms. The second-order valence-corrected chi connectivity index (χ2v) is 6.10. The van der Waals surface area contributed by atoms with Gasteiger partial charge in [0.25, 0.3) is 5.91 Å². The lowest BCUT2D eigenvalue weighted by atomic mass is 10.1. The lowest BCUT2D eigenvalue weighted by Crippen LogP contribution is -2.55. The first kappa shape index (κ1) is 15.1. The zero-order valence-corrected chi connectivity index (χ0v) is 13.3. The van der Waals surface area contributed by atoms with Crippen molar-refractivity contribution in [1.29, 1.82) is 0 Å². The van der Waals surface area contributed by atoms with Crippen LogP contribution in [0.4, 0.5) is 0 Å². The van der Waals surface area contributed by atoms with Crippen LogP contribution in [0.5, 0.6) is 0 Å². The second-order valence-electron chi connectivity index (χ2n) is 5.69. The molecule has 1 aliphatic heterocycles. The summed E-state index contributed by atoms with van der Waals surface area (Å²) in [7, 11) is 0. The maximum atomic E-state index is 12.8. The van der Waals surface area contributed by atoms with Gasteiger partial charge in [-0.25, -0.2) is 4.98 Å². The Balaban J connectivity index is 1.92. The van der Waals surface area contributed by atoms with Crippen LogP contribution in [-0.2, 0) is 0 Å². The van der Waals surface area contributed by atoms with E-state index in [9.17, 15) is 4.79 Å². The van der Waals surface area contributed by atoms with Gasteiger partial charge in [0.05, 0.1) is 5.02 Å². The molecule has 1 amide bonds. The first-order valence-corrected chi connectivity index (χ1v) is 7.67. The number of nitrogens with zero attached hydrogens (tertiary/aromatic N) is 2. The average molecular weight is 320 g/mol. The predicted molar refractivity (Wildman–Crippen MR) is 84.9 cm³/mol. The lowest BCUT2D eigenvalue weighted by Gasteiger charge is -2.35. The van der Waals surface area contributed by atoms with Gasteiger partial charge in [-0.2, -0.15) is 0 Å². The molecule has 1 aromatic carbocycles. The van der Waals surface area contributed by atoms with Crippen LogP contribution in [0.25, 0.3) is 11.3 Å². The van der Waals surface area contributed by atoms with Crippen molar-refractivity contribution in [3.05, 3.63) is 41.4 Å². The van der Waals surface area contributed by atoms with E-state index in [4.69, 9.17) is 16.0 Å². The van der Waals surface area contributed by atoms with E-state index in [1.807, 2.05) is 23.1 Å². The van der Waals surface area contributed by atoms with Crippen molar-refractivity contribution in [3.8, 4) is 11.3 Å². The van der Waals surface area contributed by atoms with Crippen molar-refractivity contribution in [1.82, 2.24) is 15.2 Å². The number of carbonyl (C=O) groups is 1. The molecule has 0 spiro atoms. The number of rotatable bonds is 2. The van der Waals surface area contributed by atoms with Crippen LogP contribution in [-0.4, -0.2) is 41.0 Å². The molecule has 2 atom stereocenters. The Kier molecular flexibility index (Phi) is 4.18. The second kappa shape index (κ2) is 6.10. The van der Waals surface area contributed by atoms with Gasteiger partial charge >= 0.3 is 0 Å². The molecule has 116 valence electrons. The van der Waals surface area contributed by atoms with Gasteiger partial charge in [-0.1, -0.05) is 23.7 Å². The Bertz CT molecular complexity index is 676. The Morgan fingerprint density at radius 1 is 1.32 bits per heavy atom. The molecule has 2 heterocycles. The molecular formula is C16H18ClN3O2. The van der Waals surface area contributed by atoms with Crippen LogP contribution in [0.1, 0.15) is 24.3 Å². The van der Waals surface area contributed by atoms with Crippen LogP contribution in [0.15, 0.2) is 35.1 Å². The molecule has 5 nitrogen and oxygen atoms in total. The Morgan fingerprint density at radius 3 is 2.68 bits per heavy atom. The molecule has 2 aromatic rings. The molecule has 0 unspecified atom stereocenters. The number of benzene rings is 1. The number of halogens is 1. The lowest BCUT2D eigenvalue weighted by molar-refractivity contribution is 0.0669. The monoisotopic (exact) mass is 319 g/mol.